The van der Waals surface area contributed by atoms with Crippen molar-refractivity contribution in [2.45, 2.75) is 77.7 Å². The van der Waals surface area contributed by atoms with Crippen molar-refractivity contribution < 1.29 is 9.90 Å². The Balaban J connectivity index is 1.86. The molecule has 0 amide bonds. The second kappa shape index (κ2) is 5.87. The van der Waals surface area contributed by atoms with Crippen molar-refractivity contribution in [2.24, 2.45) is 23.2 Å². The Labute approximate surface area is 129 Å². The van der Waals surface area contributed by atoms with Crippen LogP contribution in [0, 0.1) is 23.2 Å². The summed E-state index contributed by atoms with van der Waals surface area (Å²) in [5, 5.41) is 10.2. The number of carbonyl (C=O) groups excluding carboxylic acids is 1. The number of ketones is 1. The molecule has 0 aromatic carbocycles. The molecule has 0 unspecified atom stereocenters. The first-order chi connectivity index (χ1) is 10.0. The molecule has 0 bridgehead atoms. The molecule has 0 spiro atoms. The van der Waals surface area contributed by atoms with Gasteiger partial charge in [-0.1, -0.05) is 32.3 Å². The first-order valence-corrected chi connectivity index (χ1v) is 8.92. The van der Waals surface area contributed by atoms with Gasteiger partial charge in [0, 0.05) is 6.42 Å². The molecule has 3 aliphatic carbocycles. The summed E-state index contributed by atoms with van der Waals surface area (Å²) in [4.78, 5) is 11.8. The summed E-state index contributed by atoms with van der Waals surface area (Å²) in [7, 11) is 0. The topological polar surface area (TPSA) is 37.3 Å². The molecule has 0 radical (unpaired) electrons. The first kappa shape index (κ1) is 15.3. The van der Waals surface area contributed by atoms with Crippen molar-refractivity contribution in [3.63, 3.8) is 0 Å². The molecule has 2 heteroatoms. The summed E-state index contributed by atoms with van der Waals surface area (Å²) in [5.74, 6) is 2.29. The molecular weight excluding hydrogens is 260 g/mol. The maximum atomic E-state index is 11.8. The van der Waals surface area contributed by atoms with E-state index in [1.54, 1.807) is 0 Å². The molecule has 1 N–H and O–H groups in total. The van der Waals surface area contributed by atoms with E-state index in [0.29, 0.717) is 11.7 Å². The number of carbonyl (C=O) groups is 1. The van der Waals surface area contributed by atoms with Crippen LogP contribution in [-0.2, 0) is 4.79 Å². The van der Waals surface area contributed by atoms with Crippen LogP contribution in [0.25, 0.3) is 0 Å². The molecule has 5 atom stereocenters. The van der Waals surface area contributed by atoms with Crippen molar-refractivity contribution in [3.8, 4) is 0 Å². The molecule has 3 aliphatic rings. The van der Waals surface area contributed by atoms with E-state index >= 15 is 0 Å². The molecule has 2 fully saturated rings. The fourth-order valence-electron chi connectivity index (χ4n) is 5.23. The Morgan fingerprint density at radius 1 is 1.14 bits per heavy atom. The van der Waals surface area contributed by atoms with Gasteiger partial charge >= 0.3 is 0 Å². The van der Waals surface area contributed by atoms with Crippen LogP contribution in [0.15, 0.2) is 11.6 Å². The highest BCUT2D eigenvalue weighted by Crippen LogP contribution is 2.55. The smallest absolute Gasteiger partial charge is 0.155 e. The Kier molecular flexibility index (Phi) is 4.27. The van der Waals surface area contributed by atoms with Gasteiger partial charge in [0.15, 0.2) is 5.78 Å². The average Bonchev–Trinajstić information content (AvgIpc) is 2.52. The zero-order chi connectivity index (χ0) is 15.0. The van der Waals surface area contributed by atoms with Gasteiger partial charge in [-0.15, -0.1) is 0 Å². The Bertz CT molecular complexity index is 439. The third kappa shape index (κ3) is 2.84. The number of allylic oxidation sites excluding steroid dienone is 2. The second-order valence-electron chi connectivity index (χ2n) is 8.01. The van der Waals surface area contributed by atoms with Crippen LogP contribution in [0.5, 0.6) is 0 Å². The van der Waals surface area contributed by atoms with Gasteiger partial charge in [-0.3, -0.25) is 4.79 Å². The van der Waals surface area contributed by atoms with Crippen LogP contribution in [0.2, 0.25) is 0 Å². The Hall–Kier alpha value is -0.630. The number of hydrogen-bond acceptors (Lipinski definition) is 2. The highest BCUT2D eigenvalue weighted by Gasteiger charge is 2.46. The minimum Gasteiger partial charge on any atom is -0.393 e. The maximum absolute atomic E-state index is 11.8. The van der Waals surface area contributed by atoms with Gasteiger partial charge in [0.1, 0.15) is 0 Å². The van der Waals surface area contributed by atoms with Gasteiger partial charge in [0.05, 0.1) is 6.10 Å². The maximum Gasteiger partial charge on any atom is 0.155 e. The van der Waals surface area contributed by atoms with Gasteiger partial charge in [0.2, 0.25) is 0 Å². The van der Waals surface area contributed by atoms with Crippen molar-refractivity contribution in [1.82, 2.24) is 0 Å². The molecule has 2 nitrogen and oxygen atoms in total. The third-order valence-corrected chi connectivity index (χ3v) is 6.80. The largest absolute Gasteiger partial charge is 0.393 e. The van der Waals surface area contributed by atoms with Crippen molar-refractivity contribution in [3.05, 3.63) is 11.6 Å². The van der Waals surface area contributed by atoms with Crippen LogP contribution < -0.4 is 0 Å². The predicted molar refractivity (Wildman–Crippen MR) is 84.9 cm³/mol. The van der Waals surface area contributed by atoms with Gasteiger partial charge in [0.25, 0.3) is 0 Å². The molecule has 0 saturated heterocycles. The van der Waals surface area contributed by atoms with E-state index in [-0.39, 0.29) is 11.5 Å². The fourth-order valence-corrected chi connectivity index (χ4v) is 5.23. The van der Waals surface area contributed by atoms with E-state index in [4.69, 9.17) is 0 Å². The lowest BCUT2D eigenvalue weighted by atomic mass is 9.54. The lowest BCUT2D eigenvalue weighted by Crippen LogP contribution is -2.41. The molecule has 0 heterocycles. The Morgan fingerprint density at radius 2 is 1.95 bits per heavy atom. The SMILES string of the molecule is C[C@@H]1CC[C@H]2[C@H](CCC[C@@H]1O)CCC1=CC(=O)CC[C@@]12C. The van der Waals surface area contributed by atoms with E-state index < -0.39 is 0 Å². The van der Waals surface area contributed by atoms with Crippen LogP contribution >= 0.6 is 0 Å². The van der Waals surface area contributed by atoms with Gasteiger partial charge < -0.3 is 5.11 Å². The summed E-state index contributed by atoms with van der Waals surface area (Å²) in [6, 6.07) is 0. The van der Waals surface area contributed by atoms with Crippen molar-refractivity contribution in [1.29, 1.82) is 0 Å². The highest BCUT2D eigenvalue weighted by molar-refractivity contribution is 5.91. The standard InChI is InChI=1S/C19H30O2/c1-13-6-9-17-14(4-3-5-18(13)21)7-8-15-12-16(20)10-11-19(15,17)2/h12-14,17-18,21H,3-11H2,1-2H3/t13-,14-,17+,18+,19+/m1/s1. The lowest BCUT2D eigenvalue weighted by molar-refractivity contribution is -0.116. The minimum atomic E-state index is -0.110. The van der Waals surface area contributed by atoms with Crippen LogP contribution in [0.4, 0.5) is 0 Å². The van der Waals surface area contributed by atoms with Crippen molar-refractivity contribution >= 4 is 5.78 Å². The van der Waals surface area contributed by atoms with E-state index in [9.17, 15) is 9.90 Å². The zero-order valence-corrected chi connectivity index (χ0v) is 13.6. The molecule has 0 aliphatic heterocycles. The number of fused-ring (bicyclic) bond motifs is 3. The second-order valence-corrected chi connectivity index (χ2v) is 8.01. The number of aliphatic hydroxyl groups excluding tert-OH is 1. The predicted octanol–water partition coefficient (Wildman–Crippen LogP) is 4.27. The van der Waals surface area contributed by atoms with E-state index in [1.165, 1.54) is 31.3 Å². The van der Waals surface area contributed by atoms with E-state index in [2.05, 4.69) is 13.8 Å². The third-order valence-electron chi connectivity index (χ3n) is 6.80. The normalized spacial score (nSPS) is 44.7. The molecule has 21 heavy (non-hydrogen) atoms. The summed E-state index contributed by atoms with van der Waals surface area (Å²) >= 11 is 0. The Morgan fingerprint density at radius 3 is 2.76 bits per heavy atom. The summed E-state index contributed by atoms with van der Waals surface area (Å²) in [5.41, 5.74) is 1.69. The number of hydrogen-bond donors (Lipinski definition) is 1. The lowest BCUT2D eigenvalue weighted by Gasteiger charge is -2.50. The molecule has 3 rings (SSSR count). The summed E-state index contributed by atoms with van der Waals surface area (Å²) < 4.78 is 0. The minimum absolute atomic E-state index is 0.110. The molecular formula is C19H30O2. The average molecular weight is 290 g/mol. The van der Waals surface area contributed by atoms with E-state index in [1.807, 2.05) is 6.08 Å². The number of rotatable bonds is 0. The van der Waals surface area contributed by atoms with Gasteiger partial charge in [-0.2, -0.15) is 0 Å². The highest BCUT2D eigenvalue weighted by atomic mass is 16.3. The quantitative estimate of drug-likeness (QED) is 0.723. The summed E-state index contributed by atoms with van der Waals surface area (Å²) in [6.07, 6.45) is 11.8. The zero-order valence-electron chi connectivity index (χ0n) is 13.6. The first-order valence-electron chi connectivity index (χ1n) is 8.92. The molecule has 118 valence electrons. The molecule has 0 aromatic heterocycles. The fraction of sp³-hybridized carbons (Fsp3) is 0.842. The van der Waals surface area contributed by atoms with Crippen LogP contribution in [-0.4, -0.2) is 17.0 Å². The van der Waals surface area contributed by atoms with Crippen LogP contribution in [0.1, 0.15) is 71.6 Å². The van der Waals surface area contributed by atoms with E-state index in [0.717, 1.165) is 43.9 Å². The van der Waals surface area contributed by atoms with Crippen molar-refractivity contribution in [2.75, 3.05) is 0 Å². The number of aliphatic hydroxyl groups is 1. The monoisotopic (exact) mass is 290 g/mol. The van der Waals surface area contributed by atoms with Crippen LogP contribution in [0.3, 0.4) is 0 Å². The molecule has 2 saturated carbocycles. The van der Waals surface area contributed by atoms with Gasteiger partial charge in [-0.25, -0.2) is 0 Å². The molecule has 0 aromatic rings. The summed E-state index contributed by atoms with van der Waals surface area (Å²) in [6.45, 7) is 4.62. The van der Waals surface area contributed by atoms with Gasteiger partial charge in [-0.05, 0) is 67.8 Å².